The molecule has 0 unspecified atom stereocenters. The zero-order chi connectivity index (χ0) is 12.5. The van der Waals surface area contributed by atoms with E-state index in [4.69, 9.17) is 12.2 Å². The second-order valence-electron chi connectivity index (χ2n) is 4.56. The molecule has 2 heterocycles. The SMILES string of the molecule is CN1CCN(C(=S)n2nnc3ccccc32)CC1. The number of rotatable bonds is 0. The smallest absolute Gasteiger partial charge is 0.198 e. The minimum Gasteiger partial charge on any atom is -0.345 e. The summed E-state index contributed by atoms with van der Waals surface area (Å²) in [5, 5.41) is 9.04. The molecular weight excluding hydrogens is 246 g/mol. The van der Waals surface area contributed by atoms with Crippen LogP contribution in [0.15, 0.2) is 24.3 Å². The molecule has 0 bridgehead atoms. The van der Waals surface area contributed by atoms with E-state index in [1.165, 1.54) is 0 Å². The molecule has 1 aromatic heterocycles. The number of piperazine rings is 1. The van der Waals surface area contributed by atoms with E-state index in [2.05, 4.69) is 27.2 Å². The number of thiocarbonyl (C=S) groups is 1. The number of benzene rings is 1. The Morgan fingerprint density at radius 1 is 1.17 bits per heavy atom. The Bertz CT molecular complexity index is 571. The quantitative estimate of drug-likeness (QED) is 0.656. The van der Waals surface area contributed by atoms with Gasteiger partial charge in [0.1, 0.15) is 5.52 Å². The Morgan fingerprint density at radius 2 is 1.89 bits per heavy atom. The van der Waals surface area contributed by atoms with Crippen LogP contribution in [0.1, 0.15) is 0 Å². The van der Waals surface area contributed by atoms with Gasteiger partial charge in [-0.2, -0.15) is 4.68 Å². The van der Waals surface area contributed by atoms with Crippen LogP contribution in [0.5, 0.6) is 0 Å². The summed E-state index contributed by atoms with van der Waals surface area (Å²) >= 11 is 5.53. The molecule has 1 aromatic carbocycles. The number of aromatic nitrogens is 3. The molecule has 0 spiro atoms. The van der Waals surface area contributed by atoms with E-state index in [1.54, 1.807) is 4.68 Å². The lowest BCUT2D eigenvalue weighted by atomic mass is 10.3. The fraction of sp³-hybridized carbons (Fsp3) is 0.417. The van der Waals surface area contributed by atoms with Crippen LogP contribution in [0.4, 0.5) is 0 Å². The Hall–Kier alpha value is -1.53. The molecule has 6 heteroatoms. The molecule has 1 aliphatic rings. The Labute approximate surface area is 111 Å². The second-order valence-corrected chi connectivity index (χ2v) is 4.93. The highest BCUT2D eigenvalue weighted by atomic mass is 32.1. The van der Waals surface area contributed by atoms with Crippen molar-refractivity contribution in [3.8, 4) is 0 Å². The van der Waals surface area contributed by atoms with E-state index in [0.29, 0.717) is 0 Å². The van der Waals surface area contributed by atoms with Crippen molar-refractivity contribution >= 4 is 28.4 Å². The molecule has 5 nitrogen and oxygen atoms in total. The molecule has 1 fully saturated rings. The first-order valence-corrected chi connectivity index (χ1v) is 6.45. The summed E-state index contributed by atoms with van der Waals surface area (Å²) in [5.74, 6) is 0. The number of hydrogen-bond acceptors (Lipinski definition) is 4. The predicted octanol–water partition coefficient (Wildman–Crippen LogP) is 0.812. The number of para-hydroxylation sites is 1. The van der Waals surface area contributed by atoms with Gasteiger partial charge in [-0.3, -0.25) is 0 Å². The maximum absolute atomic E-state index is 5.53. The lowest BCUT2D eigenvalue weighted by molar-refractivity contribution is 0.214. The van der Waals surface area contributed by atoms with Gasteiger partial charge in [0.25, 0.3) is 0 Å². The average molecular weight is 261 g/mol. The molecule has 1 aliphatic heterocycles. The zero-order valence-electron chi connectivity index (χ0n) is 10.3. The maximum atomic E-state index is 5.53. The number of fused-ring (bicyclic) bond motifs is 1. The van der Waals surface area contributed by atoms with Gasteiger partial charge in [-0.25, -0.2) is 0 Å². The van der Waals surface area contributed by atoms with E-state index in [-0.39, 0.29) is 0 Å². The summed E-state index contributed by atoms with van der Waals surface area (Å²) in [4.78, 5) is 4.50. The van der Waals surface area contributed by atoms with Gasteiger partial charge >= 0.3 is 0 Å². The summed E-state index contributed by atoms with van der Waals surface area (Å²) in [6.07, 6.45) is 0. The molecular formula is C12H15N5S. The highest BCUT2D eigenvalue weighted by Crippen LogP contribution is 2.12. The Kier molecular flexibility index (Phi) is 2.97. The van der Waals surface area contributed by atoms with Gasteiger partial charge in [-0.05, 0) is 31.4 Å². The first-order valence-electron chi connectivity index (χ1n) is 6.04. The van der Waals surface area contributed by atoms with Gasteiger partial charge in [-0.1, -0.05) is 17.3 Å². The molecule has 2 aromatic rings. The average Bonchev–Trinajstić information content (AvgIpc) is 2.82. The highest BCUT2D eigenvalue weighted by molar-refractivity contribution is 7.80. The molecule has 0 N–H and O–H groups in total. The van der Waals surface area contributed by atoms with Crippen LogP contribution in [0, 0.1) is 0 Å². The molecule has 0 radical (unpaired) electrons. The van der Waals surface area contributed by atoms with Crippen molar-refractivity contribution < 1.29 is 0 Å². The standard InChI is InChI=1S/C12H15N5S/c1-15-6-8-16(9-7-15)12(18)17-11-5-3-2-4-10(11)13-14-17/h2-5H,6-9H2,1H3. The van der Waals surface area contributed by atoms with Crippen molar-refractivity contribution in [1.82, 2.24) is 24.8 Å². The minimum absolute atomic E-state index is 0.747. The van der Waals surface area contributed by atoms with E-state index < -0.39 is 0 Å². The lowest BCUT2D eigenvalue weighted by Crippen LogP contribution is -2.48. The summed E-state index contributed by atoms with van der Waals surface area (Å²) in [6.45, 7) is 3.96. The molecule has 0 amide bonds. The van der Waals surface area contributed by atoms with Gasteiger partial charge in [0.2, 0.25) is 0 Å². The van der Waals surface area contributed by atoms with E-state index in [1.807, 2.05) is 24.3 Å². The summed E-state index contributed by atoms with van der Waals surface area (Å²) in [5.41, 5.74) is 1.86. The van der Waals surface area contributed by atoms with Crippen molar-refractivity contribution in [2.75, 3.05) is 33.2 Å². The largest absolute Gasteiger partial charge is 0.345 e. The highest BCUT2D eigenvalue weighted by Gasteiger charge is 2.19. The van der Waals surface area contributed by atoms with Crippen LogP contribution >= 0.6 is 12.2 Å². The minimum atomic E-state index is 0.747. The third-order valence-corrected chi connectivity index (χ3v) is 3.74. The van der Waals surface area contributed by atoms with Gasteiger partial charge < -0.3 is 9.80 Å². The molecule has 0 saturated carbocycles. The molecule has 94 valence electrons. The van der Waals surface area contributed by atoms with Crippen molar-refractivity contribution in [3.05, 3.63) is 24.3 Å². The maximum Gasteiger partial charge on any atom is 0.198 e. The number of nitrogens with zero attached hydrogens (tertiary/aromatic N) is 5. The summed E-state index contributed by atoms with van der Waals surface area (Å²) in [6, 6.07) is 7.89. The fourth-order valence-electron chi connectivity index (χ4n) is 2.14. The number of hydrogen-bond donors (Lipinski definition) is 0. The van der Waals surface area contributed by atoms with Gasteiger partial charge in [0.15, 0.2) is 5.11 Å². The van der Waals surface area contributed by atoms with Crippen LogP contribution < -0.4 is 0 Å². The molecule has 3 rings (SSSR count). The molecule has 0 aliphatic carbocycles. The van der Waals surface area contributed by atoms with Crippen LogP contribution in [-0.2, 0) is 0 Å². The van der Waals surface area contributed by atoms with Gasteiger partial charge in [0, 0.05) is 26.2 Å². The predicted molar refractivity (Wildman–Crippen MR) is 74.6 cm³/mol. The third kappa shape index (κ3) is 1.97. The van der Waals surface area contributed by atoms with E-state index in [0.717, 1.165) is 42.3 Å². The van der Waals surface area contributed by atoms with E-state index in [9.17, 15) is 0 Å². The first-order chi connectivity index (χ1) is 8.75. The van der Waals surface area contributed by atoms with Gasteiger partial charge in [-0.15, -0.1) is 5.10 Å². The van der Waals surface area contributed by atoms with Gasteiger partial charge in [0.05, 0.1) is 5.52 Å². The first kappa shape index (κ1) is 11.6. The van der Waals surface area contributed by atoms with Crippen molar-refractivity contribution in [1.29, 1.82) is 0 Å². The van der Waals surface area contributed by atoms with Crippen molar-refractivity contribution in [2.45, 2.75) is 0 Å². The normalized spacial score (nSPS) is 17.3. The Balaban J connectivity index is 1.88. The van der Waals surface area contributed by atoms with Crippen molar-refractivity contribution in [2.24, 2.45) is 0 Å². The monoisotopic (exact) mass is 261 g/mol. The second kappa shape index (κ2) is 4.62. The topological polar surface area (TPSA) is 37.2 Å². The molecule has 18 heavy (non-hydrogen) atoms. The summed E-state index contributed by atoms with van der Waals surface area (Å²) < 4.78 is 1.76. The Morgan fingerprint density at radius 3 is 2.67 bits per heavy atom. The van der Waals surface area contributed by atoms with Crippen molar-refractivity contribution in [3.63, 3.8) is 0 Å². The third-order valence-electron chi connectivity index (χ3n) is 3.31. The van der Waals surface area contributed by atoms with E-state index >= 15 is 0 Å². The fourth-order valence-corrected chi connectivity index (χ4v) is 2.46. The van der Waals surface area contributed by atoms with Crippen LogP contribution in [-0.4, -0.2) is 63.1 Å². The van der Waals surface area contributed by atoms with Crippen LogP contribution in [0.25, 0.3) is 11.0 Å². The van der Waals surface area contributed by atoms with Crippen LogP contribution in [0.2, 0.25) is 0 Å². The van der Waals surface area contributed by atoms with Crippen LogP contribution in [0.3, 0.4) is 0 Å². The lowest BCUT2D eigenvalue weighted by Gasteiger charge is -2.33. The molecule has 1 saturated heterocycles. The molecule has 0 atom stereocenters. The zero-order valence-corrected chi connectivity index (χ0v) is 11.1. The number of likely N-dealkylation sites (N-methyl/N-ethyl adjacent to an activating group) is 1. The summed E-state index contributed by atoms with van der Waals surface area (Å²) in [7, 11) is 2.13.